The van der Waals surface area contributed by atoms with Crippen LogP contribution in [0, 0.1) is 6.92 Å². The summed E-state index contributed by atoms with van der Waals surface area (Å²) in [6, 6.07) is 12.1. The van der Waals surface area contributed by atoms with Crippen molar-refractivity contribution in [1.29, 1.82) is 0 Å². The van der Waals surface area contributed by atoms with Crippen LogP contribution < -0.4 is 15.2 Å². The summed E-state index contributed by atoms with van der Waals surface area (Å²) in [7, 11) is 3.28. The molecule has 2 N–H and O–H groups in total. The Bertz CT molecular complexity index is 828. The van der Waals surface area contributed by atoms with Crippen LogP contribution in [-0.4, -0.2) is 25.9 Å². The van der Waals surface area contributed by atoms with Gasteiger partial charge in [-0.3, -0.25) is 5.01 Å². The minimum Gasteiger partial charge on any atom is -0.496 e. The average molecular weight is 367 g/mol. The molecule has 0 radical (unpaired) electrons. The van der Waals surface area contributed by atoms with Crippen LogP contribution in [-0.2, 0) is 6.54 Å². The van der Waals surface area contributed by atoms with E-state index >= 15 is 0 Å². The second kappa shape index (κ2) is 9.12. The van der Waals surface area contributed by atoms with Crippen LogP contribution >= 0.6 is 0 Å². The van der Waals surface area contributed by atoms with Crippen LogP contribution in [0.25, 0.3) is 5.70 Å². The van der Waals surface area contributed by atoms with Gasteiger partial charge in [0.15, 0.2) is 0 Å². The highest BCUT2D eigenvalue weighted by Crippen LogP contribution is 2.35. The van der Waals surface area contributed by atoms with Gasteiger partial charge in [0, 0.05) is 24.5 Å². The van der Waals surface area contributed by atoms with Gasteiger partial charge < -0.3 is 15.2 Å². The van der Waals surface area contributed by atoms with E-state index in [1.165, 1.54) is 11.1 Å². The van der Waals surface area contributed by atoms with Gasteiger partial charge >= 0.3 is 0 Å². The molecule has 0 amide bonds. The maximum Gasteiger partial charge on any atom is 0.131 e. The van der Waals surface area contributed by atoms with Crippen LogP contribution in [0.5, 0.6) is 11.5 Å². The number of hydrazone groups is 1. The molecule has 0 aliphatic carbocycles. The van der Waals surface area contributed by atoms with Crippen molar-refractivity contribution >= 4 is 12.4 Å². The molecule has 0 bridgehead atoms. The Morgan fingerprint density at radius 3 is 2.41 bits per heavy atom. The predicted octanol–water partition coefficient (Wildman–Crippen LogP) is 4.51. The minimum atomic E-state index is 0.290. The SMILES string of the molecule is C=NN(/C=C(\N)c1cc(C(C)C)c(OC)cc1OC)Cc1ccccc1C. The average Bonchev–Trinajstić information content (AvgIpc) is 2.67. The quantitative estimate of drug-likeness (QED) is 0.551. The number of ether oxygens (including phenoxy) is 2. The van der Waals surface area contributed by atoms with E-state index in [1.807, 2.05) is 24.3 Å². The normalized spacial score (nSPS) is 11.4. The molecule has 0 aliphatic rings. The Labute approximate surface area is 162 Å². The number of aryl methyl sites for hydroxylation is 1. The summed E-state index contributed by atoms with van der Waals surface area (Å²) in [6.07, 6.45) is 1.79. The molecule has 2 rings (SSSR count). The summed E-state index contributed by atoms with van der Waals surface area (Å²) in [5, 5.41) is 5.83. The highest BCUT2D eigenvalue weighted by Gasteiger charge is 2.16. The van der Waals surface area contributed by atoms with Gasteiger partial charge in [-0.1, -0.05) is 38.1 Å². The van der Waals surface area contributed by atoms with Gasteiger partial charge in [-0.15, -0.1) is 0 Å². The molecule has 27 heavy (non-hydrogen) atoms. The van der Waals surface area contributed by atoms with E-state index in [2.05, 4.69) is 44.7 Å². The minimum absolute atomic E-state index is 0.290. The van der Waals surface area contributed by atoms with E-state index in [9.17, 15) is 0 Å². The molecule has 144 valence electrons. The molecule has 0 aromatic heterocycles. The smallest absolute Gasteiger partial charge is 0.131 e. The Balaban J connectivity index is 2.41. The molecule has 5 nitrogen and oxygen atoms in total. The molecule has 2 aromatic carbocycles. The molecule has 0 unspecified atom stereocenters. The third-order valence-corrected chi connectivity index (χ3v) is 4.55. The first-order chi connectivity index (χ1) is 12.9. The number of rotatable bonds is 8. The molecule has 2 aromatic rings. The maximum atomic E-state index is 6.41. The van der Waals surface area contributed by atoms with Crippen molar-refractivity contribution in [2.75, 3.05) is 14.2 Å². The molecule has 0 aliphatic heterocycles. The van der Waals surface area contributed by atoms with Crippen molar-refractivity contribution in [3.8, 4) is 11.5 Å². The van der Waals surface area contributed by atoms with Crippen LogP contribution in [0.4, 0.5) is 0 Å². The number of hydrogen-bond acceptors (Lipinski definition) is 5. The van der Waals surface area contributed by atoms with E-state index in [0.717, 1.165) is 16.9 Å². The summed E-state index contributed by atoms with van der Waals surface area (Å²) in [6.45, 7) is 10.6. The summed E-state index contributed by atoms with van der Waals surface area (Å²) in [4.78, 5) is 0. The van der Waals surface area contributed by atoms with Crippen molar-refractivity contribution in [3.05, 3.63) is 64.9 Å². The van der Waals surface area contributed by atoms with Gasteiger partial charge in [-0.2, -0.15) is 5.10 Å². The molecule has 0 atom stereocenters. The molecule has 0 saturated heterocycles. The lowest BCUT2D eigenvalue weighted by molar-refractivity contribution is 0.387. The number of methoxy groups -OCH3 is 2. The second-order valence-electron chi connectivity index (χ2n) is 6.70. The fraction of sp³-hybridized carbons (Fsp3) is 0.318. The number of benzene rings is 2. The summed E-state index contributed by atoms with van der Waals surface area (Å²) >= 11 is 0. The molecule has 0 fully saturated rings. The van der Waals surface area contributed by atoms with E-state index in [-0.39, 0.29) is 5.92 Å². The molecular weight excluding hydrogens is 338 g/mol. The fourth-order valence-electron chi connectivity index (χ4n) is 2.93. The van der Waals surface area contributed by atoms with Crippen molar-refractivity contribution < 1.29 is 9.47 Å². The van der Waals surface area contributed by atoms with Crippen LogP contribution in [0.3, 0.4) is 0 Å². The summed E-state index contributed by atoms with van der Waals surface area (Å²) in [5.74, 6) is 1.74. The lowest BCUT2D eigenvalue weighted by atomic mass is 9.97. The van der Waals surface area contributed by atoms with Crippen molar-refractivity contribution in [2.45, 2.75) is 33.2 Å². The molecule has 5 heteroatoms. The van der Waals surface area contributed by atoms with Crippen LogP contribution in [0.2, 0.25) is 0 Å². The topological polar surface area (TPSA) is 60.1 Å². The first-order valence-electron chi connectivity index (χ1n) is 8.92. The van der Waals surface area contributed by atoms with Gasteiger partial charge in [0.2, 0.25) is 0 Å². The molecule has 0 heterocycles. The number of nitrogens with zero attached hydrogens (tertiary/aromatic N) is 2. The third kappa shape index (κ3) is 4.82. The second-order valence-corrected chi connectivity index (χ2v) is 6.70. The summed E-state index contributed by atoms with van der Waals surface area (Å²) in [5.41, 5.74) is 11.2. The standard InChI is InChI=1S/C22H29N3O2/c1-15(2)18-11-19(22(27-6)12-21(18)26-5)20(23)14-25(24-4)13-17-10-8-7-9-16(17)3/h7-12,14-15H,4,13,23H2,1-3,5-6H3/b20-14-. The first-order valence-corrected chi connectivity index (χ1v) is 8.92. The van der Waals surface area contributed by atoms with Crippen molar-refractivity contribution in [2.24, 2.45) is 10.8 Å². The van der Waals surface area contributed by atoms with Gasteiger partial charge in [0.1, 0.15) is 11.5 Å². The molecular formula is C22H29N3O2. The Kier molecular flexibility index (Phi) is 6.88. The van der Waals surface area contributed by atoms with E-state index in [1.54, 1.807) is 25.4 Å². The highest BCUT2D eigenvalue weighted by atomic mass is 16.5. The highest BCUT2D eigenvalue weighted by molar-refractivity contribution is 5.70. The molecule has 0 spiro atoms. The Morgan fingerprint density at radius 1 is 1.19 bits per heavy atom. The first kappa shape index (κ1) is 20.4. The number of hydrogen-bond donors (Lipinski definition) is 1. The van der Waals surface area contributed by atoms with Gasteiger partial charge in [-0.25, -0.2) is 0 Å². The zero-order valence-corrected chi connectivity index (χ0v) is 16.8. The largest absolute Gasteiger partial charge is 0.496 e. The van der Waals surface area contributed by atoms with E-state index in [0.29, 0.717) is 18.0 Å². The van der Waals surface area contributed by atoms with Gasteiger partial charge in [0.05, 0.1) is 26.5 Å². The third-order valence-electron chi connectivity index (χ3n) is 4.55. The summed E-state index contributed by atoms with van der Waals surface area (Å²) < 4.78 is 11.0. The van der Waals surface area contributed by atoms with Crippen molar-refractivity contribution in [3.63, 3.8) is 0 Å². The Hall–Kier alpha value is -2.95. The Morgan fingerprint density at radius 2 is 1.85 bits per heavy atom. The maximum absolute atomic E-state index is 6.41. The monoisotopic (exact) mass is 367 g/mol. The van der Waals surface area contributed by atoms with E-state index < -0.39 is 0 Å². The fourth-order valence-corrected chi connectivity index (χ4v) is 2.93. The van der Waals surface area contributed by atoms with Gasteiger partial charge in [-0.05, 0) is 35.6 Å². The lowest BCUT2D eigenvalue weighted by Crippen LogP contribution is -2.13. The van der Waals surface area contributed by atoms with E-state index in [4.69, 9.17) is 15.2 Å². The van der Waals surface area contributed by atoms with Crippen LogP contribution in [0.15, 0.2) is 47.7 Å². The van der Waals surface area contributed by atoms with Crippen LogP contribution in [0.1, 0.15) is 42.0 Å². The van der Waals surface area contributed by atoms with Gasteiger partial charge in [0.25, 0.3) is 0 Å². The van der Waals surface area contributed by atoms with Crippen molar-refractivity contribution in [1.82, 2.24) is 5.01 Å². The number of nitrogens with two attached hydrogens (primary N) is 1. The lowest BCUT2D eigenvalue weighted by Gasteiger charge is -2.19. The predicted molar refractivity (Wildman–Crippen MR) is 112 cm³/mol. The zero-order chi connectivity index (χ0) is 20.0. The zero-order valence-electron chi connectivity index (χ0n) is 16.8. The molecule has 0 saturated carbocycles.